The molecule has 1 amide bonds. The molecule has 9 heteroatoms. The number of oxazole rings is 1. The minimum Gasteiger partial charge on any atom is -0.429 e. The van der Waals surface area contributed by atoms with E-state index in [1.165, 1.54) is 12.1 Å². The number of nitrogens with one attached hydrogen (secondary N) is 1. The second-order valence-electron chi connectivity index (χ2n) is 7.18. The van der Waals surface area contributed by atoms with Crippen LogP contribution in [-0.2, 0) is 11.5 Å². The van der Waals surface area contributed by atoms with E-state index < -0.39 is 0 Å². The lowest BCUT2D eigenvalue weighted by molar-refractivity contribution is -0.121. The molecule has 0 spiro atoms. The number of carbonyl (C=O) groups is 1. The molecule has 1 saturated heterocycles. The van der Waals surface area contributed by atoms with Crippen molar-refractivity contribution in [3.63, 3.8) is 0 Å². The lowest BCUT2D eigenvalue weighted by atomic mass is 9.96. The summed E-state index contributed by atoms with van der Waals surface area (Å²) < 4.78 is 25.6. The molecule has 1 aliphatic heterocycles. The van der Waals surface area contributed by atoms with Crippen molar-refractivity contribution >= 4 is 23.9 Å². The molecule has 152 valence electrons. The second-order valence-corrected chi connectivity index (χ2v) is 7.53. The largest absolute Gasteiger partial charge is 0.429 e. The quantitative estimate of drug-likeness (QED) is 0.628. The Kier molecular flexibility index (Phi) is 5.59. The van der Waals surface area contributed by atoms with Crippen molar-refractivity contribution in [3.05, 3.63) is 52.9 Å². The van der Waals surface area contributed by atoms with Crippen LogP contribution < -0.4 is 5.32 Å². The lowest BCUT2D eigenvalue weighted by Gasteiger charge is -2.30. The van der Waals surface area contributed by atoms with E-state index in [1.807, 2.05) is 10.8 Å². The first kappa shape index (κ1) is 19.5. The predicted molar refractivity (Wildman–Crippen MR) is 107 cm³/mol. The number of halogens is 1. The normalized spacial score (nSPS) is 15.5. The maximum absolute atomic E-state index is 13.1. The number of aromatic nitrogens is 2. The van der Waals surface area contributed by atoms with Crippen LogP contribution in [0.15, 0.2) is 45.5 Å². The fourth-order valence-electron chi connectivity index (χ4n) is 3.43. The summed E-state index contributed by atoms with van der Waals surface area (Å²) in [6, 6.07) is 7.80. The predicted octanol–water partition coefficient (Wildman–Crippen LogP) is 4.22. The SMILES string of the molecule is Cc1cc(NC(=O)C2CCN(Cn3cc(-c4ccc(F)cc4)oc3=S)CC2)no1. The van der Waals surface area contributed by atoms with Gasteiger partial charge in [-0.05, 0) is 56.2 Å². The van der Waals surface area contributed by atoms with Crippen molar-refractivity contribution in [1.82, 2.24) is 14.6 Å². The van der Waals surface area contributed by atoms with Gasteiger partial charge in [0.2, 0.25) is 5.91 Å². The Bertz CT molecular complexity index is 1050. The first-order chi connectivity index (χ1) is 14.0. The molecule has 0 atom stereocenters. The number of rotatable bonds is 5. The lowest BCUT2D eigenvalue weighted by Crippen LogP contribution is -2.38. The molecule has 2 aromatic heterocycles. The molecule has 3 aromatic rings. The van der Waals surface area contributed by atoms with Crippen LogP contribution >= 0.6 is 12.2 Å². The molecule has 1 N–H and O–H groups in total. The van der Waals surface area contributed by atoms with Crippen molar-refractivity contribution in [3.8, 4) is 11.3 Å². The number of piperidine rings is 1. The molecule has 29 heavy (non-hydrogen) atoms. The van der Waals surface area contributed by atoms with Gasteiger partial charge in [0.1, 0.15) is 11.6 Å². The molecule has 1 fully saturated rings. The molecule has 3 heterocycles. The number of carbonyl (C=O) groups excluding carboxylic acids is 1. The summed E-state index contributed by atoms with van der Waals surface area (Å²) in [6.07, 6.45) is 3.33. The second kappa shape index (κ2) is 8.30. The molecular formula is C20H21FN4O3S. The first-order valence-electron chi connectivity index (χ1n) is 9.41. The highest BCUT2D eigenvalue weighted by molar-refractivity contribution is 7.71. The Morgan fingerprint density at radius 3 is 2.69 bits per heavy atom. The van der Waals surface area contributed by atoms with Crippen LogP contribution in [0.4, 0.5) is 10.2 Å². The van der Waals surface area contributed by atoms with E-state index in [9.17, 15) is 9.18 Å². The van der Waals surface area contributed by atoms with Crippen molar-refractivity contribution in [2.75, 3.05) is 18.4 Å². The third-order valence-corrected chi connectivity index (χ3v) is 5.34. The summed E-state index contributed by atoms with van der Waals surface area (Å²) in [4.78, 5) is 15.0. The maximum Gasteiger partial charge on any atom is 0.270 e. The van der Waals surface area contributed by atoms with Gasteiger partial charge in [-0.15, -0.1) is 0 Å². The Morgan fingerprint density at radius 2 is 2.03 bits per heavy atom. The average Bonchev–Trinajstić information content (AvgIpc) is 3.28. The molecule has 0 bridgehead atoms. The van der Waals surface area contributed by atoms with E-state index in [-0.39, 0.29) is 17.6 Å². The summed E-state index contributed by atoms with van der Waals surface area (Å²) in [5, 5.41) is 6.61. The zero-order valence-electron chi connectivity index (χ0n) is 15.9. The Morgan fingerprint density at radius 1 is 1.31 bits per heavy atom. The van der Waals surface area contributed by atoms with E-state index in [4.69, 9.17) is 21.2 Å². The number of hydrogen-bond acceptors (Lipinski definition) is 6. The Balaban J connectivity index is 1.33. The smallest absolute Gasteiger partial charge is 0.270 e. The summed E-state index contributed by atoms with van der Waals surface area (Å²) in [5.41, 5.74) is 0.773. The zero-order valence-corrected chi connectivity index (χ0v) is 16.7. The summed E-state index contributed by atoms with van der Waals surface area (Å²) in [5.74, 6) is 1.33. The average molecular weight is 416 g/mol. The van der Waals surface area contributed by atoms with Crippen molar-refractivity contribution in [2.24, 2.45) is 5.92 Å². The topological polar surface area (TPSA) is 76.4 Å². The van der Waals surface area contributed by atoms with E-state index in [1.54, 1.807) is 25.1 Å². The number of nitrogens with zero attached hydrogens (tertiary/aromatic N) is 3. The van der Waals surface area contributed by atoms with Gasteiger partial charge in [0.25, 0.3) is 4.84 Å². The van der Waals surface area contributed by atoms with E-state index in [0.717, 1.165) is 31.5 Å². The van der Waals surface area contributed by atoms with Crippen molar-refractivity contribution in [1.29, 1.82) is 0 Å². The van der Waals surface area contributed by atoms with Gasteiger partial charge in [-0.25, -0.2) is 4.39 Å². The van der Waals surface area contributed by atoms with Gasteiger partial charge < -0.3 is 14.3 Å². The first-order valence-corrected chi connectivity index (χ1v) is 9.81. The number of amides is 1. The molecule has 1 aliphatic rings. The van der Waals surface area contributed by atoms with Gasteiger partial charge in [0.15, 0.2) is 11.6 Å². The maximum atomic E-state index is 13.1. The Labute approximate surface area is 172 Å². The molecule has 0 unspecified atom stereocenters. The summed E-state index contributed by atoms with van der Waals surface area (Å²) in [6.45, 7) is 3.91. The van der Waals surface area contributed by atoms with E-state index in [0.29, 0.717) is 28.8 Å². The third kappa shape index (κ3) is 4.63. The van der Waals surface area contributed by atoms with Crippen LogP contribution in [0, 0.1) is 23.5 Å². The van der Waals surface area contributed by atoms with Gasteiger partial charge in [0.05, 0.1) is 12.9 Å². The van der Waals surface area contributed by atoms with Crippen LogP contribution in [-0.4, -0.2) is 33.6 Å². The van der Waals surface area contributed by atoms with Gasteiger partial charge in [-0.1, -0.05) is 5.16 Å². The Hall–Kier alpha value is -2.78. The number of anilines is 1. The highest BCUT2D eigenvalue weighted by atomic mass is 32.1. The highest BCUT2D eigenvalue weighted by Gasteiger charge is 2.26. The van der Waals surface area contributed by atoms with Crippen molar-refractivity contribution < 1.29 is 18.1 Å². The van der Waals surface area contributed by atoms with E-state index >= 15 is 0 Å². The third-order valence-electron chi connectivity index (χ3n) is 5.02. The number of benzene rings is 1. The molecule has 0 aliphatic carbocycles. The summed E-state index contributed by atoms with van der Waals surface area (Å²) >= 11 is 5.32. The summed E-state index contributed by atoms with van der Waals surface area (Å²) in [7, 11) is 0. The fourth-order valence-corrected chi connectivity index (χ4v) is 3.63. The van der Waals surface area contributed by atoms with Crippen LogP contribution in [0.25, 0.3) is 11.3 Å². The monoisotopic (exact) mass is 416 g/mol. The van der Waals surface area contributed by atoms with Gasteiger partial charge >= 0.3 is 0 Å². The highest BCUT2D eigenvalue weighted by Crippen LogP contribution is 2.23. The number of hydrogen-bond donors (Lipinski definition) is 1. The number of likely N-dealkylation sites (tertiary alicyclic amines) is 1. The van der Waals surface area contributed by atoms with Gasteiger partial charge in [0, 0.05) is 30.6 Å². The van der Waals surface area contributed by atoms with Crippen LogP contribution in [0.5, 0.6) is 0 Å². The molecule has 7 nitrogen and oxygen atoms in total. The fraction of sp³-hybridized carbons (Fsp3) is 0.350. The van der Waals surface area contributed by atoms with Crippen LogP contribution in [0.2, 0.25) is 0 Å². The van der Waals surface area contributed by atoms with Gasteiger partial charge in [-0.2, -0.15) is 0 Å². The minimum absolute atomic E-state index is 0.0310. The number of aryl methyl sites for hydroxylation is 1. The zero-order chi connectivity index (χ0) is 20.4. The standard InChI is InChI=1S/C20H21FN4O3S/c1-13-10-18(23-28-13)22-19(26)15-6-8-24(9-7-15)12-25-11-17(27-20(25)29)14-2-4-16(21)5-3-14/h2-5,10-11,15H,6-9,12H2,1H3,(H,22,23,26). The van der Waals surface area contributed by atoms with Crippen molar-refractivity contribution in [2.45, 2.75) is 26.4 Å². The van der Waals surface area contributed by atoms with Gasteiger partial charge in [-0.3, -0.25) is 14.3 Å². The molecule has 0 saturated carbocycles. The molecule has 4 rings (SSSR count). The molecular weight excluding hydrogens is 395 g/mol. The molecule has 1 aromatic carbocycles. The minimum atomic E-state index is -0.294. The van der Waals surface area contributed by atoms with Crippen LogP contribution in [0.1, 0.15) is 18.6 Å². The van der Waals surface area contributed by atoms with E-state index in [2.05, 4.69) is 15.4 Å². The van der Waals surface area contributed by atoms with Crippen LogP contribution in [0.3, 0.4) is 0 Å². The molecule has 0 radical (unpaired) electrons.